The van der Waals surface area contributed by atoms with E-state index in [2.05, 4.69) is 9.71 Å². The molecule has 0 aliphatic carbocycles. The maximum absolute atomic E-state index is 12.3. The lowest BCUT2D eigenvalue weighted by Crippen LogP contribution is -2.15. The predicted octanol–water partition coefficient (Wildman–Crippen LogP) is 2.48. The summed E-state index contributed by atoms with van der Waals surface area (Å²) in [4.78, 5) is 4.01. The van der Waals surface area contributed by atoms with Crippen molar-refractivity contribution in [2.75, 3.05) is 4.72 Å². The van der Waals surface area contributed by atoms with Gasteiger partial charge in [-0.3, -0.25) is 9.71 Å². The van der Waals surface area contributed by atoms with Crippen LogP contribution in [0.25, 0.3) is 0 Å². The predicted molar refractivity (Wildman–Crippen MR) is 87.1 cm³/mol. The maximum Gasteiger partial charge on any atom is 0.263 e. The number of hydrogen-bond donors (Lipinski definition) is 2. The first-order valence-corrected chi connectivity index (χ1v) is 8.11. The molecule has 0 fully saturated rings. The molecule has 1 aromatic heterocycles. The number of aromatic nitrogens is 1. The quantitative estimate of drug-likeness (QED) is 0.834. The van der Waals surface area contributed by atoms with Gasteiger partial charge in [-0.05, 0) is 36.8 Å². The van der Waals surface area contributed by atoms with Crippen LogP contribution in [0, 0.1) is 6.92 Å². The Bertz CT molecular complexity index is 790. The number of aryl methyl sites for hydroxylation is 1. The lowest BCUT2D eigenvalue weighted by molar-refractivity contribution is 0.601. The molecule has 0 atom stereocenters. The van der Waals surface area contributed by atoms with Crippen molar-refractivity contribution in [2.24, 2.45) is 5.73 Å². The Labute approximate surface area is 133 Å². The van der Waals surface area contributed by atoms with E-state index in [1.165, 1.54) is 18.3 Å². The first-order valence-electron chi connectivity index (χ1n) is 5.84. The first kappa shape index (κ1) is 15.7. The molecule has 5 nitrogen and oxygen atoms in total. The van der Waals surface area contributed by atoms with E-state index in [-0.39, 0.29) is 9.88 Å². The third kappa shape index (κ3) is 3.69. The van der Waals surface area contributed by atoms with Crippen molar-refractivity contribution >= 4 is 44.5 Å². The fraction of sp³-hybridized carbons (Fsp3) is 0.0769. The van der Waals surface area contributed by atoms with Gasteiger partial charge in [0.2, 0.25) is 0 Å². The Kier molecular flexibility index (Phi) is 4.46. The SMILES string of the molecule is Cc1ccc(Cl)c(NS(=O)(=O)c2ccc(C(N)=S)nc2)c1. The number of thiocarbonyl (C=S) groups is 1. The van der Waals surface area contributed by atoms with Crippen LogP contribution in [0.2, 0.25) is 5.02 Å². The van der Waals surface area contributed by atoms with Crippen LogP contribution in [-0.2, 0) is 10.0 Å². The third-order valence-corrected chi connectivity index (χ3v) is 4.55. The molecule has 1 aromatic carbocycles. The molecule has 0 saturated carbocycles. The van der Waals surface area contributed by atoms with Crippen molar-refractivity contribution < 1.29 is 8.42 Å². The van der Waals surface area contributed by atoms with Crippen molar-refractivity contribution in [3.05, 3.63) is 52.8 Å². The second-order valence-corrected chi connectivity index (χ2v) is 6.86. The van der Waals surface area contributed by atoms with Gasteiger partial charge in [0.15, 0.2) is 0 Å². The minimum atomic E-state index is -3.78. The highest BCUT2D eigenvalue weighted by Crippen LogP contribution is 2.25. The van der Waals surface area contributed by atoms with E-state index in [0.717, 1.165) is 5.56 Å². The summed E-state index contributed by atoms with van der Waals surface area (Å²) in [5.41, 5.74) is 6.98. The second-order valence-electron chi connectivity index (χ2n) is 4.33. The number of anilines is 1. The van der Waals surface area contributed by atoms with Gasteiger partial charge in [-0.25, -0.2) is 8.42 Å². The number of sulfonamides is 1. The van der Waals surface area contributed by atoms with E-state index in [9.17, 15) is 8.42 Å². The summed E-state index contributed by atoms with van der Waals surface area (Å²) in [6.07, 6.45) is 1.19. The van der Waals surface area contributed by atoms with Crippen molar-refractivity contribution in [1.29, 1.82) is 0 Å². The molecule has 0 aliphatic heterocycles. The number of nitrogens with two attached hydrogens (primary N) is 1. The largest absolute Gasteiger partial charge is 0.388 e. The molecule has 0 radical (unpaired) electrons. The Morgan fingerprint density at radius 3 is 2.62 bits per heavy atom. The molecule has 0 unspecified atom stereocenters. The van der Waals surface area contributed by atoms with Gasteiger partial charge in [-0.15, -0.1) is 0 Å². The number of benzene rings is 1. The molecular weight excluding hydrogens is 330 g/mol. The zero-order chi connectivity index (χ0) is 15.6. The number of rotatable bonds is 4. The molecular formula is C13H12ClN3O2S2. The summed E-state index contributed by atoms with van der Waals surface area (Å²) in [6, 6.07) is 7.90. The smallest absolute Gasteiger partial charge is 0.263 e. The first-order chi connectivity index (χ1) is 9.79. The molecule has 3 N–H and O–H groups in total. The summed E-state index contributed by atoms with van der Waals surface area (Å²) in [5, 5.41) is 0.317. The van der Waals surface area contributed by atoms with E-state index >= 15 is 0 Å². The molecule has 0 aliphatic rings. The lowest BCUT2D eigenvalue weighted by atomic mass is 10.2. The fourth-order valence-electron chi connectivity index (χ4n) is 1.61. The van der Waals surface area contributed by atoms with Crippen molar-refractivity contribution in [1.82, 2.24) is 4.98 Å². The van der Waals surface area contributed by atoms with E-state index in [4.69, 9.17) is 29.6 Å². The van der Waals surface area contributed by atoms with Gasteiger partial charge in [-0.1, -0.05) is 29.9 Å². The topological polar surface area (TPSA) is 85.1 Å². The average molecular weight is 342 g/mol. The van der Waals surface area contributed by atoms with Crippen LogP contribution in [0.15, 0.2) is 41.4 Å². The van der Waals surface area contributed by atoms with E-state index in [1.54, 1.807) is 18.2 Å². The average Bonchev–Trinajstić information content (AvgIpc) is 2.43. The zero-order valence-electron chi connectivity index (χ0n) is 11.0. The van der Waals surface area contributed by atoms with E-state index in [0.29, 0.717) is 16.4 Å². The molecule has 1 heterocycles. The van der Waals surface area contributed by atoms with Gasteiger partial charge in [0.25, 0.3) is 10.0 Å². The summed E-state index contributed by atoms with van der Waals surface area (Å²) in [5.74, 6) is 0. The van der Waals surface area contributed by atoms with Crippen molar-refractivity contribution in [3.63, 3.8) is 0 Å². The molecule has 2 aromatic rings. The molecule has 0 amide bonds. The highest BCUT2D eigenvalue weighted by molar-refractivity contribution is 7.92. The Morgan fingerprint density at radius 2 is 2.05 bits per heavy atom. The summed E-state index contributed by atoms with van der Waals surface area (Å²) in [6.45, 7) is 1.84. The van der Waals surface area contributed by atoms with Gasteiger partial charge in [0.05, 0.1) is 16.4 Å². The standard InChI is InChI=1S/C13H12ClN3O2S2/c1-8-2-4-10(14)12(6-8)17-21(18,19)9-3-5-11(13(15)20)16-7-9/h2-7,17H,1H3,(H2,15,20). The van der Waals surface area contributed by atoms with Gasteiger partial charge < -0.3 is 5.73 Å². The van der Waals surface area contributed by atoms with E-state index < -0.39 is 10.0 Å². The molecule has 0 bridgehead atoms. The second kappa shape index (κ2) is 5.97. The Hall–Kier alpha value is -1.70. The molecule has 8 heteroatoms. The Morgan fingerprint density at radius 1 is 1.33 bits per heavy atom. The number of pyridine rings is 1. The monoisotopic (exact) mass is 341 g/mol. The number of hydrogen-bond acceptors (Lipinski definition) is 4. The minimum Gasteiger partial charge on any atom is -0.388 e. The highest BCUT2D eigenvalue weighted by Gasteiger charge is 2.16. The number of nitrogens with one attached hydrogen (secondary N) is 1. The summed E-state index contributed by atoms with van der Waals surface area (Å²) >= 11 is 10.7. The fourth-order valence-corrected chi connectivity index (χ4v) is 2.96. The van der Waals surface area contributed by atoms with Crippen LogP contribution in [0.4, 0.5) is 5.69 Å². The van der Waals surface area contributed by atoms with Crippen LogP contribution in [0.5, 0.6) is 0 Å². The van der Waals surface area contributed by atoms with Gasteiger partial charge >= 0.3 is 0 Å². The third-order valence-electron chi connectivity index (χ3n) is 2.67. The van der Waals surface area contributed by atoms with Gasteiger partial charge in [0.1, 0.15) is 9.88 Å². The van der Waals surface area contributed by atoms with Crippen LogP contribution >= 0.6 is 23.8 Å². The van der Waals surface area contributed by atoms with Crippen LogP contribution in [-0.4, -0.2) is 18.4 Å². The van der Waals surface area contributed by atoms with Crippen LogP contribution in [0.1, 0.15) is 11.3 Å². The highest BCUT2D eigenvalue weighted by atomic mass is 35.5. The molecule has 21 heavy (non-hydrogen) atoms. The van der Waals surface area contributed by atoms with Gasteiger partial charge in [-0.2, -0.15) is 0 Å². The van der Waals surface area contributed by atoms with Gasteiger partial charge in [0, 0.05) is 6.20 Å². The van der Waals surface area contributed by atoms with E-state index in [1.807, 2.05) is 6.92 Å². The Balaban J connectivity index is 2.34. The lowest BCUT2D eigenvalue weighted by Gasteiger charge is -2.10. The van der Waals surface area contributed by atoms with Crippen molar-refractivity contribution in [2.45, 2.75) is 11.8 Å². The summed E-state index contributed by atoms with van der Waals surface area (Å²) in [7, 11) is -3.78. The molecule has 2 rings (SSSR count). The van der Waals surface area contributed by atoms with Crippen molar-refractivity contribution in [3.8, 4) is 0 Å². The molecule has 0 spiro atoms. The van der Waals surface area contributed by atoms with Crippen LogP contribution in [0.3, 0.4) is 0 Å². The van der Waals surface area contributed by atoms with Crippen LogP contribution < -0.4 is 10.5 Å². The summed E-state index contributed by atoms with van der Waals surface area (Å²) < 4.78 is 27.0. The number of halogens is 1. The minimum absolute atomic E-state index is 0.0000674. The normalized spacial score (nSPS) is 11.1. The zero-order valence-corrected chi connectivity index (χ0v) is 13.4. The molecule has 0 saturated heterocycles. The maximum atomic E-state index is 12.3. The number of nitrogens with zero attached hydrogens (tertiary/aromatic N) is 1. The molecule has 110 valence electrons.